The van der Waals surface area contributed by atoms with Gasteiger partial charge in [0.05, 0.1) is 6.04 Å². The molecule has 0 radical (unpaired) electrons. The minimum Gasteiger partial charge on any atom is -0.480 e. The van der Waals surface area contributed by atoms with E-state index in [1.165, 1.54) is 0 Å². The molecule has 1 aromatic heterocycles. The van der Waals surface area contributed by atoms with Gasteiger partial charge in [0.2, 0.25) is 11.8 Å². The molecular weight excluding hydrogens is 452 g/mol. The number of carbonyl (C=O) groups is 3. The van der Waals surface area contributed by atoms with Crippen molar-refractivity contribution in [3.05, 3.63) is 71.9 Å². The summed E-state index contributed by atoms with van der Waals surface area (Å²) >= 11 is 1.58. The zero-order chi connectivity index (χ0) is 24.5. The number of thioether (sulfide) groups is 1. The third kappa shape index (κ3) is 6.85. The molecule has 6 N–H and O–H groups in total. The highest BCUT2D eigenvalue weighted by molar-refractivity contribution is 7.98. The summed E-state index contributed by atoms with van der Waals surface area (Å²) < 4.78 is 0. The number of nitrogens with one attached hydrogen (secondary N) is 3. The van der Waals surface area contributed by atoms with E-state index in [0.717, 1.165) is 22.0 Å². The quantitative estimate of drug-likeness (QED) is 0.268. The number of hydrogen-bond donors (Lipinski definition) is 5. The molecule has 0 spiro atoms. The number of carbonyl (C=O) groups excluding carboxylic acids is 2. The molecule has 0 fully saturated rings. The molecular formula is C25H30N4O4S. The van der Waals surface area contributed by atoms with Gasteiger partial charge < -0.3 is 26.5 Å². The summed E-state index contributed by atoms with van der Waals surface area (Å²) in [4.78, 5) is 41.0. The Morgan fingerprint density at radius 1 is 0.971 bits per heavy atom. The number of carboxylic acids is 1. The molecule has 0 aliphatic carbocycles. The molecule has 0 aliphatic heterocycles. The Hall–Kier alpha value is -3.30. The van der Waals surface area contributed by atoms with Gasteiger partial charge in [0.25, 0.3) is 0 Å². The highest BCUT2D eigenvalue weighted by atomic mass is 32.2. The van der Waals surface area contributed by atoms with Crippen LogP contribution in [0.25, 0.3) is 10.9 Å². The van der Waals surface area contributed by atoms with Crippen molar-refractivity contribution in [3.63, 3.8) is 0 Å². The topological polar surface area (TPSA) is 137 Å². The normalized spacial score (nSPS) is 13.7. The second kappa shape index (κ2) is 12.2. The van der Waals surface area contributed by atoms with Gasteiger partial charge in [-0.05, 0) is 35.6 Å². The Labute approximate surface area is 202 Å². The molecule has 0 saturated carbocycles. The van der Waals surface area contributed by atoms with Gasteiger partial charge in [-0.15, -0.1) is 0 Å². The maximum Gasteiger partial charge on any atom is 0.326 e. The molecule has 2 amide bonds. The number of H-pyrrole nitrogens is 1. The van der Waals surface area contributed by atoms with Gasteiger partial charge in [-0.1, -0.05) is 48.5 Å². The molecule has 3 atom stereocenters. The first-order valence-electron chi connectivity index (χ1n) is 11.1. The Kier molecular flexibility index (Phi) is 9.12. The van der Waals surface area contributed by atoms with E-state index < -0.39 is 35.9 Å². The molecule has 0 saturated heterocycles. The average molecular weight is 483 g/mol. The van der Waals surface area contributed by atoms with E-state index in [-0.39, 0.29) is 12.8 Å². The largest absolute Gasteiger partial charge is 0.480 e. The van der Waals surface area contributed by atoms with Gasteiger partial charge in [0, 0.05) is 29.9 Å². The summed E-state index contributed by atoms with van der Waals surface area (Å²) in [5.74, 6) is -1.44. The predicted octanol–water partition coefficient (Wildman–Crippen LogP) is 2.09. The third-order valence-electron chi connectivity index (χ3n) is 5.60. The minimum absolute atomic E-state index is 0.128. The van der Waals surface area contributed by atoms with Crippen LogP contribution in [0.15, 0.2) is 60.8 Å². The van der Waals surface area contributed by atoms with E-state index in [1.807, 2.05) is 48.7 Å². The van der Waals surface area contributed by atoms with Crippen molar-refractivity contribution >= 4 is 40.4 Å². The molecule has 0 aliphatic rings. The Morgan fingerprint density at radius 3 is 2.35 bits per heavy atom. The number of hydrogen-bond acceptors (Lipinski definition) is 5. The molecule has 9 heteroatoms. The molecule has 180 valence electrons. The first-order valence-corrected chi connectivity index (χ1v) is 12.5. The first-order chi connectivity index (χ1) is 16.4. The Bertz CT molecular complexity index is 1120. The monoisotopic (exact) mass is 482 g/mol. The number of aliphatic carboxylic acids is 1. The maximum atomic E-state index is 13.2. The van der Waals surface area contributed by atoms with Gasteiger partial charge in [-0.2, -0.15) is 11.8 Å². The number of benzene rings is 2. The number of rotatable bonds is 12. The van der Waals surface area contributed by atoms with E-state index in [4.69, 9.17) is 5.73 Å². The van der Waals surface area contributed by atoms with E-state index in [0.29, 0.717) is 12.2 Å². The van der Waals surface area contributed by atoms with E-state index >= 15 is 0 Å². The van der Waals surface area contributed by atoms with Crippen molar-refractivity contribution in [1.29, 1.82) is 0 Å². The summed E-state index contributed by atoms with van der Waals surface area (Å²) in [5.41, 5.74) is 8.54. The number of carboxylic acid groups (broad SMARTS) is 1. The molecule has 1 heterocycles. The van der Waals surface area contributed by atoms with Crippen molar-refractivity contribution in [2.24, 2.45) is 5.73 Å². The van der Waals surface area contributed by atoms with Gasteiger partial charge in [-0.3, -0.25) is 9.59 Å². The Balaban J connectivity index is 1.79. The fourth-order valence-electron chi connectivity index (χ4n) is 3.71. The van der Waals surface area contributed by atoms with Crippen LogP contribution in [0.3, 0.4) is 0 Å². The molecule has 2 aromatic carbocycles. The lowest BCUT2D eigenvalue weighted by Crippen LogP contribution is -2.55. The van der Waals surface area contributed by atoms with Crippen LogP contribution in [0.1, 0.15) is 17.5 Å². The van der Waals surface area contributed by atoms with Crippen molar-refractivity contribution in [1.82, 2.24) is 15.6 Å². The standard InChI is InChI=1S/C25H30N4O4S/c1-34-12-11-19(26)23(30)28-21(14-17-15-27-20-10-6-5-9-18(17)20)24(31)29-22(25(32)33)13-16-7-3-2-4-8-16/h2-10,15,19,21-22,27H,11-14,26H2,1H3,(H,28,30)(H,29,31)(H,32,33). The Morgan fingerprint density at radius 2 is 1.65 bits per heavy atom. The first kappa shape index (κ1) is 25.3. The zero-order valence-electron chi connectivity index (χ0n) is 19.0. The van der Waals surface area contributed by atoms with Crippen LogP contribution >= 0.6 is 11.8 Å². The number of aromatic nitrogens is 1. The number of para-hydroxylation sites is 1. The van der Waals surface area contributed by atoms with Crippen molar-refractivity contribution in [2.45, 2.75) is 37.4 Å². The van der Waals surface area contributed by atoms with Crippen molar-refractivity contribution in [3.8, 4) is 0 Å². The molecule has 34 heavy (non-hydrogen) atoms. The fourth-order valence-corrected chi connectivity index (χ4v) is 4.20. The molecule has 8 nitrogen and oxygen atoms in total. The van der Waals surface area contributed by atoms with Crippen LogP contribution in [0.2, 0.25) is 0 Å². The SMILES string of the molecule is CSCCC(N)C(=O)NC(Cc1c[nH]c2ccccc12)C(=O)NC(Cc1ccccc1)C(=O)O. The van der Waals surface area contributed by atoms with Crippen molar-refractivity contribution < 1.29 is 19.5 Å². The van der Waals surface area contributed by atoms with Gasteiger partial charge >= 0.3 is 5.97 Å². The summed E-state index contributed by atoms with van der Waals surface area (Å²) in [7, 11) is 0. The van der Waals surface area contributed by atoms with Gasteiger partial charge in [0.1, 0.15) is 12.1 Å². The molecule has 3 rings (SSSR count). The number of nitrogens with two attached hydrogens (primary N) is 1. The lowest BCUT2D eigenvalue weighted by atomic mass is 10.0. The van der Waals surface area contributed by atoms with Crippen LogP contribution in [0.5, 0.6) is 0 Å². The maximum absolute atomic E-state index is 13.2. The van der Waals surface area contributed by atoms with Gasteiger partial charge in [-0.25, -0.2) is 4.79 Å². The van der Waals surface area contributed by atoms with Crippen LogP contribution in [0.4, 0.5) is 0 Å². The molecule has 3 aromatic rings. The highest BCUT2D eigenvalue weighted by Gasteiger charge is 2.29. The van der Waals surface area contributed by atoms with Crippen LogP contribution in [-0.2, 0) is 27.2 Å². The zero-order valence-corrected chi connectivity index (χ0v) is 19.8. The molecule has 3 unspecified atom stereocenters. The number of fused-ring (bicyclic) bond motifs is 1. The third-order valence-corrected chi connectivity index (χ3v) is 6.24. The van der Waals surface area contributed by atoms with Crippen molar-refractivity contribution in [2.75, 3.05) is 12.0 Å². The summed E-state index contributed by atoms with van der Waals surface area (Å²) in [6.45, 7) is 0. The lowest BCUT2D eigenvalue weighted by molar-refractivity contribution is -0.142. The van der Waals surface area contributed by atoms with E-state index in [2.05, 4.69) is 15.6 Å². The van der Waals surface area contributed by atoms with E-state index in [1.54, 1.807) is 30.1 Å². The smallest absolute Gasteiger partial charge is 0.326 e. The number of aromatic amines is 1. The predicted molar refractivity (Wildman–Crippen MR) is 135 cm³/mol. The lowest BCUT2D eigenvalue weighted by Gasteiger charge is -2.23. The fraction of sp³-hybridized carbons (Fsp3) is 0.320. The summed E-state index contributed by atoms with van der Waals surface area (Å²) in [5, 5.41) is 16.0. The summed E-state index contributed by atoms with van der Waals surface area (Å²) in [6, 6.07) is 13.8. The van der Waals surface area contributed by atoms with E-state index in [9.17, 15) is 19.5 Å². The summed E-state index contributed by atoms with van der Waals surface area (Å²) in [6.07, 6.45) is 4.51. The average Bonchev–Trinajstić information content (AvgIpc) is 3.25. The van der Waals surface area contributed by atoms with Crippen LogP contribution in [-0.4, -0.2) is 58.0 Å². The van der Waals surface area contributed by atoms with Crippen LogP contribution in [0, 0.1) is 0 Å². The second-order valence-electron chi connectivity index (χ2n) is 8.10. The highest BCUT2D eigenvalue weighted by Crippen LogP contribution is 2.19. The second-order valence-corrected chi connectivity index (χ2v) is 9.09. The molecule has 0 bridgehead atoms. The van der Waals surface area contributed by atoms with Crippen LogP contribution < -0.4 is 16.4 Å². The number of amides is 2. The minimum atomic E-state index is -1.15. The van der Waals surface area contributed by atoms with Gasteiger partial charge in [0.15, 0.2) is 0 Å².